The fourth-order valence-corrected chi connectivity index (χ4v) is 3.77. The number of nitrogens with one attached hydrogen (secondary N) is 2. The average Bonchev–Trinajstić information content (AvgIpc) is 3.29. The second kappa shape index (κ2) is 10.2. The third-order valence-electron chi connectivity index (χ3n) is 5.56. The lowest BCUT2D eigenvalue weighted by Gasteiger charge is -2.22. The Morgan fingerprint density at radius 2 is 1.74 bits per heavy atom. The van der Waals surface area contributed by atoms with Crippen molar-refractivity contribution in [2.24, 2.45) is 0 Å². The molecule has 0 bridgehead atoms. The van der Waals surface area contributed by atoms with Crippen LogP contribution < -0.4 is 10.1 Å². The number of aromatic nitrogens is 2. The molecule has 1 heterocycles. The average molecular weight is 473 g/mol. The predicted octanol–water partition coefficient (Wildman–Crippen LogP) is 4.44. The third kappa shape index (κ3) is 5.06. The van der Waals surface area contributed by atoms with Crippen LogP contribution in [-0.2, 0) is 4.79 Å². The lowest BCUT2D eigenvalue weighted by Crippen LogP contribution is -2.40. The van der Waals surface area contributed by atoms with E-state index in [1.807, 2.05) is 18.2 Å². The topological polar surface area (TPSA) is 87.3 Å². The molecule has 35 heavy (non-hydrogen) atoms. The summed E-state index contributed by atoms with van der Waals surface area (Å²) in [5.41, 5.74) is 2.98. The van der Waals surface area contributed by atoms with Crippen molar-refractivity contribution in [2.45, 2.75) is 6.04 Å². The number of carbonyl (C=O) groups is 2. The Morgan fingerprint density at radius 3 is 2.40 bits per heavy atom. The van der Waals surface area contributed by atoms with Gasteiger partial charge in [-0.1, -0.05) is 48.5 Å². The molecule has 3 aromatic carbocycles. The standard InChI is InChI=1S/C27H25FN4O3/c1-32(2)27(34)24(18-7-5-4-6-8-18)29-26(33)20-14-16-22-23(25(20)35-3)21(30-31-22)15-11-17-9-12-19(28)13-10-17/h4-16,24H,1-3H3,(H,29,33)(H,30,31)/b15-11+/t24-/m0/s1. The molecule has 8 heteroatoms. The van der Waals surface area contributed by atoms with Crippen molar-refractivity contribution in [3.8, 4) is 5.75 Å². The lowest BCUT2D eigenvalue weighted by atomic mass is 10.0. The zero-order valence-electron chi connectivity index (χ0n) is 19.6. The zero-order valence-corrected chi connectivity index (χ0v) is 19.6. The summed E-state index contributed by atoms with van der Waals surface area (Å²) < 4.78 is 18.8. The van der Waals surface area contributed by atoms with Crippen LogP contribution in [0.2, 0.25) is 0 Å². The maximum absolute atomic E-state index is 13.4. The number of likely N-dealkylation sites (N-methyl/N-ethyl adjacent to an activating group) is 1. The highest BCUT2D eigenvalue weighted by molar-refractivity contribution is 6.06. The van der Waals surface area contributed by atoms with Gasteiger partial charge in [-0.05, 0) is 41.5 Å². The maximum atomic E-state index is 13.4. The largest absolute Gasteiger partial charge is 0.495 e. The molecule has 0 saturated heterocycles. The highest BCUT2D eigenvalue weighted by atomic mass is 19.1. The first-order valence-electron chi connectivity index (χ1n) is 10.9. The van der Waals surface area contributed by atoms with E-state index in [1.54, 1.807) is 62.6 Å². The predicted molar refractivity (Wildman–Crippen MR) is 133 cm³/mol. The van der Waals surface area contributed by atoms with E-state index < -0.39 is 11.9 Å². The Hall–Kier alpha value is -4.46. The number of nitrogens with zero attached hydrogens (tertiary/aromatic N) is 2. The first-order valence-corrected chi connectivity index (χ1v) is 10.9. The van der Waals surface area contributed by atoms with Crippen LogP contribution in [0.25, 0.3) is 23.1 Å². The SMILES string of the molecule is COc1c(C(=O)N[C@H](C(=O)N(C)C)c2ccccc2)ccc2n[nH]c(/C=C/c3ccc(F)cc3)c12. The summed E-state index contributed by atoms with van der Waals surface area (Å²) in [6.45, 7) is 0. The smallest absolute Gasteiger partial charge is 0.255 e. The minimum absolute atomic E-state index is 0.254. The summed E-state index contributed by atoms with van der Waals surface area (Å²) in [5, 5.41) is 10.7. The first kappa shape index (κ1) is 23.7. The number of carbonyl (C=O) groups excluding carboxylic acids is 2. The zero-order chi connectivity index (χ0) is 24.9. The van der Waals surface area contributed by atoms with Crippen LogP contribution in [0.1, 0.15) is 33.2 Å². The van der Waals surface area contributed by atoms with E-state index in [0.717, 1.165) is 5.56 Å². The third-order valence-corrected chi connectivity index (χ3v) is 5.56. The second-order valence-electron chi connectivity index (χ2n) is 8.11. The molecule has 2 amide bonds. The normalized spacial score (nSPS) is 12.0. The van der Waals surface area contributed by atoms with Crippen LogP contribution in [0.15, 0.2) is 66.7 Å². The van der Waals surface area contributed by atoms with Gasteiger partial charge in [-0.25, -0.2) is 4.39 Å². The van der Waals surface area contributed by atoms with Gasteiger partial charge in [0.15, 0.2) is 0 Å². The number of ether oxygens (including phenoxy) is 1. The van der Waals surface area contributed by atoms with Crippen LogP contribution >= 0.6 is 0 Å². The summed E-state index contributed by atoms with van der Waals surface area (Å²) in [6.07, 6.45) is 3.59. The van der Waals surface area contributed by atoms with Gasteiger partial charge in [-0.2, -0.15) is 5.10 Å². The van der Waals surface area contributed by atoms with Gasteiger partial charge in [0.1, 0.15) is 17.6 Å². The van der Waals surface area contributed by atoms with Gasteiger partial charge < -0.3 is 15.0 Å². The lowest BCUT2D eigenvalue weighted by molar-refractivity contribution is -0.130. The quantitative estimate of drug-likeness (QED) is 0.416. The molecule has 0 aliphatic rings. The van der Waals surface area contributed by atoms with Gasteiger partial charge in [-0.3, -0.25) is 14.7 Å². The molecule has 4 aromatic rings. The fourth-order valence-electron chi connectivity index (χ4n) is 3.77. The van der Waals surface area contributed by atoms with E-state index in [4.69, 9.17) is 4.74 Å². The molecule has 0 fully saturated rings. The van der Waals surface area contributed by atoms with E-state index in [-0.39, 0.29) is 17.3 Å². The van der Waals surface area contributed by atoms with Crippen molar-refractivity contribution < 1.29 is 18.7 Å². The number of methoxy groups -OCH3 is 1. The molecule has 0 spiro atoms. The van der Waals surface area contributed by atoms with Gasteiger partial charge in [0.2, 0.25) is 5.91 Å². The molecule has 1 atom stereocenters. The number of rotatable bonds is 7. The molecular formula is C27H25FN4O3. The second-order valence-corrected chi connectivity index (χ2v) is 8.11. The van der Waals surface area contributed by atoms with Gasteiger partial charge in [0.25, 0.3) is 5.91 Å². The Bertz CT molecular complexity index is 1380. The molecule has 178 valence electrons. The van der Waals surface area contributed by atoms with Crippen molar-refractivity contribution in [3.05, 3.63) is 94.9 Å². The first-order chi connectivity index (χ1) is 16.9. The molecule has 7 nitrogen and oxygen atoms in total. The van der Waals surface area contributed by atoms with Gasteiger partial charge in [0.05, 0.1) is 29.3 Å². The molecule has 0 radical (unpaired) electrons. The summed E-state index contributed by atoms with van der Waals surface area (Å²) in [7, 11) is 4.76. The van der Waals surface area contributed by atoms with E-state index in [9.17, 15) is 14.0 Å². The number of halogens is 1. The van der Waals surface area contributed by atoms with Crippen molar-refractivity contribution >= 4 is 34.9 Å². The monoisotopic (exact) mass is 472 g/mol. The number of H-pyrrole nitrogens is 1. The van der Waals surface area contributed by atoms with Crippen molar-refractivity contribution in [1.29, 1.82) is 0 Å². The van der Waals surface area contributed by atoms with E-state index in [2.05, 4.69) is 15.5 Å². The Balaban J connectivity index is 1.70. The summed E-state index contributed by atoms with van der Waals surface area (Å²) in [6, 6.07) is 17.6. The highest BCUT2D eigenvalue weighted by Gasteiger charge is 2.27. The molecular weight excluding hydrogens is 447 g/mol. The van der Waals surface area contributed by atoms with E-state index >= 15 is 0 Å². The molecule has 0 aliphatic heterocycles. The van der Waals surface area contributed by atoms with Crippen molar-refractivity contribution in [2.75, 3.05) is 21.2 Å². The van der Waals surface area contributed by atoms with Crippen LogP contribution in [0.4, 0.5) is 4.39 Å². The van der Waals surface area contributed by atoms with E-state index in [0.29, 0.717) is 27.9 Å². The van der Waals surface area contributed by atoms with Crippen molar-refractivity contribution in [3.63, 3.8) is 0 Å². The molecule has 1 aromatic heterocycles. The summed E-state index contributed by atoms with van der Waals surface area (Å²) in [4.78, 5) is 27.7. The number of fused-ring (bicyclic) bond motifs is 1. The number of hydrogen-bond acceptors (Lipinski definition) is 4. The molecule has 2 N–H and O–H groups in total. The minimum atomic E-state index is -0.860. The molecule has 0 unspecified atom stereocenters. The van der Waals surface area contributed by atoms with Crippen LogP contribution in [0.5, 0.6) is 5.75 Å². The summed E-state index contributed by atoms with van der Waals surface area (Å²) in [5.74, 6) is -0.692. The number of benzene rings is 3. The summed E-state index contributed by atoms with van der Waals surface area (Å²) >= 11 is 0. The Labute approximate surface area is 202 Å². The molecule has 4 rings (SSSR count). The Kier molecular flexibility index (Phi) is 6.91. The van der Waals surface area contributed by atoms with E-state index in [1.165, 1.54) is 24.1 Å². The van der Waals surface area contributed by atoms with Crippen LogP contribution in [-0.4, -0.2) is 48.1 Å². The van der Waals surface area contributed by atoms with Crippen LogP contribution in [0, 0.1) is 5.82 Å². The number of amides is 2. The van der Waals surface area contributed by atoms with Gasteiger partial charge in [0, 0.05) is 14.1 Å². The minimum Gasteiger partial charge on any atom is -0.495 e. The van der Waals surface area contributed by atoms with Gasteiger partial charge >= 0.3 is 0 Å². The number of hydrogen-bond donors (Lipinski definition) is 2. The highest BCUT2D eigenvalue weighted by Crippen LogP contribution is 2.33. The van der Waals surface area contributed by atoms with Crippen LogP contribution in [0.3, 0.4) is 0 Å². The number of aromatic amines is 1. The van der Waals surface area contributed by atoms with Crippen molar-refractivity contribution in [1.82, 2.24) is 20.4 Å². The van der Waals surface area contributed by atoms with Gasteiger partial charge in [-0.15, -0.1) is 0 Å². The maximum Gasteiger partial charge on any atom is 0.255 e. The molecule has 0 saturated carbocycles. The molecule has 0 aliphatic carbocycles. The fraction of sp³-hybridized carbons (Fsp3) is 0.148. The Morgan fingerprint density at radius 1 is 1.03 bits per heavy atom.